The predicted molar refractivity (Wildman–Crippen MR) is 148 cm³/mol. The van der Waals surface area contributed by atoms with E-state index < -0.39 is 6.17 Å². The van der Waals surface area contributed by atoms with Crippen LogP contribution in [0, 0.1) is 17.8 Å². The molecule has 3 N–H and O–H groups in total. The third-order valence-electron chi connectivity index (χ3n) is 9.97. The molecular weight excluding hydrogens is 513 g/mol. The minimum absolute atomic E-state index is 0.0163. The number of piperidine rings is 2. The second kappa shape index (κ2) is 11.0. The van der Waals surface area contributed by atoms with Crippen molar-refractivity contribution in [3.8, 4) is 0 Å². The summed E-state index contributed by atoms with van der Waals surface area (Å²) in [6.07, 6.45) is 4.31. The lowest BCUT2D eigenvalue weighted by atomic mass is 9.76. The monoisotopic (exact) mass is 557 g/mol. The molecule has 6 rings (SSSR count). The Hall–Kier alpha value is -2.57. The van der Waals surface area contributed by atoms with Crippen LogP contribution >= 0.6 is 0 Å². The van der Waals surface area contributed by atoms with Crippen molar-refractivity contribution in [1.82, 2.24) is 45.6 Å². The van der Waals surface area contributed by atoms with E-state index in [-0.39, 0.29) is 60.3 Å². The van der Waals surface area contributed by atoms with Crippen LogP contribution in [0.3, 0.4) is 0 Å². The van der Waals surface area contributed by atoms with Crippen LogP contribution in [0.1, 0.15) is 45.7 Å². The zero-order chi connectivity index (χ0) is 28.1. The molecule has 0 saturated carbocycles. The van der Waals surface area contributed by atoms with E-state index in [1.165, 1.54) is 6.08 Å². The summed E-state index contributed by atoms with van der Waals surface area (Å²) in [5.41, 5.74) is 0.933. The highest BCUT2D eigenvalue weighted by atomic mass is 19.1. The van der Waals surface area contributed by atoms with E-state index in [1.807, 2.05) is 15.8 Å². The summed E-state index contributed by atoms with van der Waals surface area (Å²) in [5.74, 6) is 0.294. The Morgan fingerprint density at radius 2 is 2.05 bits per heavy atom. The summed E-state index contributed by atoms with van der Waals surface area (Å²) in [5, 5.41) is 19.5. The van der Waals surface area contributed by atoms with Gasteiger partial charge in [0.2, 0.25) is 5.91 Å². The highest BCUT2D eigenvalue weighted by Crippen LogP contribution is 2.39. The number of carbonyl (C=O) groups excluding carboxylic acids is 2. The van der Waals surface area contributed by atoms with Crippen LogP contribution < -0.4 is 16.0 Å². The van der Waals surface area contributed by atoms with Gasteiger partial charge in [0.1, 0.15) is 6.17 Å². The third-order valence-corrected chi connectivity index (χ3v) is 9.97. The number of hydrogen-bond donors (Lipinski definition) is 3. The summed E-state index contributed by atoms with van der Waals surface area (Å²) in [6, 6.07) is -0.431. The first kappa shape index (κ1) is 27.6. The van der Waals surface area contributed by atoms with E-state index in [1.54, 1.807) is 4.90 Å². The summed E-state index contributed by atoms with van der Waals surface area (Å²) in [7, 11) is 0. The van der Waals surface area contributed by atoms with Crippen LogP contribution in [-0.4, -0.2) is 110 Å². The predicted octanol–water partition coefficient (Wildman–Crippen LogP) is 0.939. The molecule has 0 spiro atoms. The first-order chi connectivity index (χ1) is 19.2. The molecular formula is C28H44FN9O2. The lowest BCUT2D eigenvalue weighted by molar-refractivity contribution is -0.131. The Labute approximate surface area is 235 Å². The van der Waals surface area contributed by atoms with E-state index in [9.17, 15) is 9.59 Å². The Kier molecular flexibility index (Phi) is 7.60. The number of piperazine rings is 1. The Morgan fingerprint density at radius 3 is 2.80 bits per heavy atom. The zero-order valence-corrected chi connectivity index (χ0v) is 23.9. The summed E-state index contributed by atoms with van der Waals surface area (Å²) < 4.78 is 17.8. The maximum Gasteiger partial charge on any atom is 0.320 e. The number of alkyl halides is 1. The number of rotatable bonds is 3. The Bertz CT molecular complexity index is 1110. The molecule has 9 atom stereocenters. The molecule has 0 aliphatic carbocycles. The van der Waals surface area contributed by atoms with Gasteiger partial charge in [0.05, 0.1) is 24.1 Å². The van der Waals surface area contributed by atoms with Crippen LogP contribution in [0.2, 0.25) is 0 Å². The van der Waals surface area contributed by atoms with Gasteiger partial charge in [0, 0.05) is 56.4 Å². The van der Waals surface area contributed by atoms with E-state index in [2.05, 4.69) is 58.5 Å². The molecule has 12 heteroatoms. The summed E-state index contributed by atoms with van der Waals surface area (Å²) >= 11 is 0. The first-order valence-corrected chi connectivity index (χ1v) is 15.0. The molecule has 5 aliphatic rings. The number of fused-ring (bicyclic) bond motifs is 5. The van der Waals surface area contributed by atoms with Gasteiger partial charge in [-0.1, -0.05) is 25.6 Å². The number of hydrogen-bond acceptors (Lipinski definition) is 7. The average molecular weight is 558 g/mol. The average Bonchev–Trinajstić information content (AvgIpc) is 3.38. The van der Waals surface area contributed by atoms with Crippen molar-refractivity contribution in [2.45, 2.75) is 95.7 Å². The fraction of sp³-hybridized carbons (Fsp3) is 0.786. The van der Waals surface area contributed by atoms with Crippen molar-refractivity contribution in [2.75, 3.05) is 26.2 Å². The molecule has 8 unspecified atom stereocenters. The van der Waals surface area contributed by atoms with E-state index >= 15 is 4.39 Å². The van der Waals surface area contributed by atoms with Crippen molar-refractivity contribution >= 4 is 11.9 Å². The van der Waals surface area contributed by atoms with Gasteiger partial charge >= 0.3 is 6.03 Å². The molecule has 1 aromatic heterocycles. The van der Waals surface area contributed by atoms with Gasteiger partial charge in [-0.15, -0.1) is 5.10 Å². The standard InChI is InChI=1S/C28H44FN9O2/c1-5-23(39)35-10-11-37(17(4)14-35)26-20-13-21(29)22-7-9-36-15-19(33-34-36)12-18-6-8-30-24(16(2)3)25(18)38(27(20)31-22)28(40)32-26/h5,15-18,20-22,24-27,30-31H,1,6-14H2,2-4H3,(H,32,40)/t17-,18?,20?,21?,22?,24?,25?,26?,27?/m0/s1. The van der Waals surface area contributed by atoms with Gasteiger partial charge in [0.25, 0.3) is 0 Å². The van der Waals surface area contributed by atoms with Crippen molar-refractivity contribution < 1.29 is 14.0 Å². The highest BCUT2D eigenvalue weighted by Gasteiger charge is 2.55. The molecule has 0 aromatic carbocycles. The molecule has 11 nitrogen and oxygen atoms in total. The van der Waals surface area contributed by atoms with E-state index in [4.69, 9.17) is 0 Å². The number of aromatic nitrogens is 3. The summed E-state index contributed by atoms with van der Waals surface area (Å²) in [6.45, 7) is 13.3. The maximum atomic E-state index is 15.9. The molecule has 4 bridgehead atoms. The Morgan fingerprint density at radius 1 is 1.23 bits per heavy atom. The maximum absolute atomic E-state index is 15.9. The fourth-order valence-corrected chi connectivity index (χ4v) is 8.01. The van der Waals surface area contributed by atoms with Crippen LogP contribution in [0.15, 0.2) is 18.9 Å². The number of aryl methyl sites for hydroxylation is 1. The van der Waals surface area contributed by atoms with Crippen LogP contribution in [0.5, 0.6) is 0 Å². The van der Waals surface area contributed by atoms with Crippen LogP contribution in [-0.2, 0) is 17.8 Å². The number of nitrogens with zero attached hydrogens (tertiary/aromatic N) is 6. The van der Waals surface area contributed by atoms with Gasteiger partial charge < -0.3 is 20.4 Å². The van der Waals surface area contributed by atoms with Crippen molar-refractivity contribution in [3.05, 3.63) is 24.5 Å². The quantitative estimate of drug-likeness (QED) is 0.475. The molecule has 3 amide bonds. The van der Waals surface area contributed by atoms with Gasteiger partial charge in [-0.2, -0.15) is 0 Å². The number of urea groups is 1. The van der Waals surface area contributed by atoms with E-state index in [0.29, 0.717) is 44.9 Å². The van der Waals surface area contributed by atoms with Crippen molar-refractivity contribution in [3.63, 3.8) is 0 Å². The first-order valence-electron chi connectivity index (χ1n) is 15.0. The molecule has 0 radical (unpaired) electrons. The molecule has 6 heterocycles. The molecule has 4 saturated heterocycles. The normalized spacial score (nSPS) is 38.6. The molecule has 1 aromatic rings. The number of halogens is 1. The second-order valence-electron chi connectivity index (χ2n) is 12.7. The SMILES string of the molecule is C=CC(=O)N1CCN(C2NC(=O)N3C4NC(CCn5cc(nn5)CC5CCNC(C(C)C)C53)C(F)CC42)[C@@H](C)C1. The lowest BCUT2D eigenvalue weighted by Crippen LogP contribution is -2.79. The van der Waals surface area contributed by atoms with Crippen molar-refractivity contribution in [2.24, 2.45) is 17.8 Å². The third kappa shape index (κ3) is 4.92. The molecule has 220 valence electrons. The van der Waals surface area contributed by atoms with Gasteiger partial charge in [-0.3, -0.25) is 19.7 Å². The lowest BCUT2D eigenvalue weighted by Gasteiger charge is -2.59. The van der Waals surface area contributed by atoms with Crippen LogP contribution in [0.25, 0.3) is 0 Å². The minimum atomic E-state index is -1.05. The topological polar surface area (TPSA) is 111 Å². The van der Waals surface area contributed by atoms with Gasteiger partial charge in [0.15, 0.2) is 0 Å². The Balaban J connectivity index is 1.36. The van der Waals surface area contributed by atoms with E-state index in [0.717, 1.165) is 25.1 Å². The largest absolute Gasteiger partial charge is 0.336 e. The molecule has 5 aliphatic heterocycles. The fourth-order valence-electron chi connectivity index (χ4n) is 8.01. The number of amides is 3. The van der Waals surface area contributed by atoms with Crippen LogP contribution in [0.4, 0.5) is 9.18 Å². The summed E-state index contributed by atoms with van der Waals surface area (Å²) in [4.78, 5) is 32.6. The van der Waals surface area contributed by atoms with Gasteiger partial charge in [-0.25, -0.2) is 9.18 Å². The molecule has 4 fully saturated rings. The molecule has 40 heavy (non-hydrogen) atoms. The van der Waals surface area contributed by atoms with Gasteiger partial charge in [-0.05, 0) is 57.1 Å². The number of nitrogens with one attached hydrogen (secondary N) is 3. The van der Waals surface area contributed by atoms with Crippen molar-refractivity contribution in [1.29, 1.82) is 0 Å². The minimum Gasteiger partial charge on any atom is -0.336 e. The smallest absolute Gasteiger partial charge is 0.320 e. The zero-order valence-electron chi connectivity index (χ0n) is 23.9. The number of carbonyl (C=O) groups is 2. The second-order valence-corrected chi connectivity index (χ2v) is 12.7. The highest BCUT2D eigenvalue weighted by molar-refractivity contribution is 5.87.